The van der Waals surface area contributed by atoms with Crippen LogP contribution in [0, 0.1) is 5.92 Å². The van der Waals surface area contributed by atoms with Crippen LogP contribution in [0.1, 0.15) is 43.9 Å². The highest BCUT2D eigenvalue weighted by Gasteiger charge is 2.54. The Morgan fingerprint density at radius 2 is 1.92 bits per heavy atom. The molecule has 2 aliphatic rings. The van der Waals surface area contributed by atoms with Crippen LogP contribution in [0.2, 0.25) is 0 Å². The Hall–Kier alpha value is -3.44. The highest BCUT2D eigenvalue weighted by atomic mass is 19.4. The van der Waals surface area contributed by atoms with Gasteiger partial charge in [0.1, 0.15) is 23.9 Å². The van der Waals surface area contributed by atoms with Crippen LogP contribution >= 0.6 is 0 Å². The number of aryl methyl sites for hydroxylation is 1. The second-order valence-electron chi connectivity index (χ2n) is 10.5. The summed E-state index contributed by atoms with van der Waals surface area (Å²) < 4.78 is 59.9. The van der Waals surface area contributed by atoms with Crippen molar-refractivity contribution in [2.45, 2.75) is 63.3 Å². The Kier molecular flexibility index (Phi) is 5.76. The predicted octanol–water partition coefficient (Wildman–Crippen LogP) is 5.30. The van der Waals surface area contributed by atoms with E-state index in [9.17, 15) is 13.2 Å². The van der Waals surface area contributed by atoms with Gasteiger partial charge in [-0.2, -0.15) is 13.2 Å². The molecule has 4 heterocycles. The minimum absolute atomic E-state index is 0.0164. The number of fused-ring (bicyclic) bond motifs is 3. The van der Waals surface area contributed by atoms with Crippen LogP contribution < -0.4 is 10.5 Å². The van der Waals surface area contributed by atoms with Crippen LogP contribution in [0.15, 0.2) is 42.9 Å². The first-order valence-electron chi connectivity index (χ1n) is 12.5. The Labute approximate surface area is 216 Å². The Morgan fingerprint density at radius 3 is 2.68 bits per heavy atom. The summed E-state index contributed by atoms with van der Waals surface area (Å²) in [5.41, 5.74) is 6.91. The van der Waals surface area contributed by atoms with E-state index in [1.165, 1.54) is 6.33 Å². The van der Waals surface area contributed by atoms with Crippen molar-refractivity contribution < 1.29 is 27.4 Å². The van der Waals surface area contributed by atoms with Crippen molar-refractivity contribution in [1.29, 1.82) is 0 Å². The highest BCUT2D eigenvalue weighted by Crippen LogP contribution is 2.49. The van der Waals surface area contributed by atoms with Crippen LogP contribution in [0.4, 0.5) is 19.0 Å². The smallest absolute Gasteiger partial charge is 0.419 e. The molecule has 2 N–H and O–H groups in total. The molecule has 1 aliphatic carbocycles. The first-order valence-corrected chi connectivity index (χ1v) is 12.5. The van der Waals surface area contributed by atoms with Crippen LogP contribution in [0.25, 0.3) is 21.9 Å². The van der Waals surface area contributed by atoms with Gasteiger partial charge >= 0.3 is 6.18 Å². The molecule has 1 saturated carbocycles. The first-order chi connectivity index (χ1) is 18.0. The zero-order valence-corrected chi connectivity index (χ0v) is 21.2. The molecular weight excluding hydrogens is 499 g/mol. The lowest BCUT2D eigenvalue weighted by molar-refractivity contribution is -0.160. The van der Waals surface area contributed by atoms with Gasteiger partial charge in [-0.15, -0.1) is 0 Å². The summed E-state index contributed by atoms with van der Waals surface area (Å²) in [7, 11) is 1.59. The van der Waals surface area contributed by atoms with E-state index >= 15 is 0 Å². The van der Waals surface area contributed by atoms with Gasteiger partial charge in [0.2, 0.25) is 5.88 Å². The normalized spacial score (nSPS) is 24.8. The summed E-state index contributed by atoms with van der Waals surface area (Å²) in [6, 6.07) is 8.36. The summed E-state index contributed by atoms with van der Waals surface area (Å²) in [5, 5.41) is 1.24. The monoisotopic (exact) mass is 527 g/mol. The average Bonchev–Trinajstić information content (AvgIpc) is 3.52. The highest BCUT2D eigenvalue weighted by molar-refractivity contribution is 5.82. The maximum absolute atomic E-state index is 13.2. The van der Waals surface area contributed by atoms with Crippen molar-refractivity contribution >= 4 is 27.8 Å². The number of methoxy groups -OCH3 is 1. The summed E-state index contributed by atoms with van der Waals surface area (Å²) in [5.74, 6) is -0.490. The first kappa shape index (κ1) is 24.9. The fourth-order valence-corrected chi connectivity index (χ4v) is 5.95. The minimum atomic E-state index is -4.54. The molecule has 0 spiro atoms. The van der Waals surface area contributed by atoms with E-state index in [4.69, 9.17) is 19.9 Å². The Balaban J connectivity index is 1.25. The molecule has 38 heavy (non-hydrogen) atoms. The Morgan fingerprint density at radius 1 is 1.13 bits per heavy atom. The van der Waals surface area contributed by atoms with Gasteiger partial charge in [-0.25, -0.2) is 15.0 Å². The van der Waals surface area contributed by atoms with Crippen molar-refractivity contribution in [3.8, 4) is 5.88 Å². The quantitative estimate of drug-likeness (QED) is 0.376. The molecule has 0 amide bonds. The van der Waals surface area contributed by atoms with Gasteiger partial charge in [0.15, 0.2) is 5.79 Å². The van der Waals surface area contributed by atoms with Crippen LogP contribution in [0.3, 0.4) is 0 Å². The standard InChI is InChI=1S/C27H28F3N5O3/c1-26(2)37-21-16(7-5-14-4-6-15-11-18(27(28,29)30)23(31)34-19(15)10-14)12-20(22(21)38-26)35-9-8-17-24(35)32-13-33-25(17)36-3/h4,6,8-11,13,16,20-22H,5,7,12H2,1-3H3,(H2,31,34)/t16-,20+,21+,22-/m0/s1. The second kappa shape index (κ2) is 8.81. The van der Waals surface area contributed by atoms with Crippen LogP contribution in [-0.2, 0) is 22.1 Å². The van der Waals surface area contributed by atoms with E-state index in [1.54, 1.807) is 13.2 Å². The number of pyridine rings is 1. The number of alkyl halides is 3. The van der Waals surface area contributed by atoms with E-state index in [0.717, 1.165) is 35.5 Å². The molecular formula is C27H28F3N5O3. The molecule has 8 nitrogen and oxygen atoms in total. The van der Waals surface area contributed by atoms with E-state index in [-0.39, 0.29) is 24.2 Å². The number of nitrogens with zero attached hydrogens (tertiary/aromatic N) is 4. The number of ether oxygens (including phenoxy) is 3. The lowest BCUT2D eigenvalue weighted by Gasteiger charge is -2.24. The van der Waals surface area contributed by atoms with E-state index in [1.807, 2.05) is 38.2 Å². The van der Waals surface area contributed by atoms with Gasteiger partial charge < -0.3 is 24.5 Å². The second-order valence-corrected chi connectivity index (χ2v) is 10.5. The maximum Gasteiger partial charge on any atom is 0.419 e. The topological polar surface area (TPSA) is 97.3 Å². The molecule has 4 atom stereocenters. The number of benzene rings is 1. The molecule has 200 valence electrons. The number of halogens is 3. The molecule has 1 aliphatic heterocycles. The van der Waals surface area contributed by atoms with Crippen molar-refractivity contribution in [2.75, 3.05) is 12.8 Å². The van der Waals surface area contributed by atoms with Gasteiger partial charge in [0.25, 0.3) is 0 Å². The van der Waals surface area contributed by atoms with E-state index in [2.05, 4.69) is 19.5 Å². The molecule has 3 aromatic heterocycles. The maximum atomic E-state index is 13.2. The third-order valence-electron chi connectivity index (χ3n) is 7.60. The number of anilines is 1. The van der Waals surface area contributed by atoms with Gasteiger partial charge in [0.05, 0.1) is 35.7 Å². The molecule has 1 aromatic carbocycles. The third kappa shape index (κ3) is 4.23. The fraction of sp³-hybridized carbons (Fsp3) is 0.444. The summed E-state index contributed by atoms with van der Waals surface area (Å²) in [4.78, 5) is 12.7. The molecule has 0 bridgehead atoms. The zero-order chi connectivity index (χ0) is 26.8. The molecule has 11 heteroatoms. The van der Waals surface area contributed by atoms with E-state index < -0.39 is 23.3 Å². The number of hydrogen-bond donors (Lipinski definition) is 1. The number of nitrogen functional groups attached to an aromatic ring is 1. The SMILES string of the molecule is COc1ncnc2c1ccn2[C@@H]1C[C@H](CCc2ccc3cc(C(F)(F)F)c(N)nc3c2)[C@H]2OC(C)(C)O[C@H]21. The number of rotatable bonds is 5. The zero-order valence-electron chi connectivity index (χ0n) is 21.2. The summed E-state index contributed by atoms with van der Waals surface area (Å²) in [6.45, 7) is 3.85. The van der Waals surface area contributed by atoms with Crippen LogP contribution in [-0.4, -0.2) is 44.6 Å². The molecule has 6 rings (SSSR count). The molecule has 0 unspecified atom stereocenters. The minimum Gasteiger partial charge on any atom is -0.480 e. The van der Waals surface area contributed by atoms with Crippen molar-refractivity contribution in [1.82, 2.24) is 19.5 Å². The molecule has 1 saturated heterocycles. The number of nitrogens with two attached hydrogens (primary N) is 1. The average molecular weight is 528 g/mol. The number of aromatic nitrogens is 4. The predicted molar refractivity (Wildman–Crippen MR) is 135 cm³/mol. The molecule has 0 radical (unpaired) electrons. The fourth-order valence-electron chi connectivity index (χ4n) is 5.95. The summed E-state index contributed by atoms with van der Waals surface area (Å²) in [6.07, 6.45) is 1.06. The Bertz CT molecular complexity index is 1520. The molecule has 2 fully saturated rings. The summed E-state index contributed by atoms with van der Waals surface area (Å²) >= 11 is 0. The number of hydrogen-bond acceptors (Lipinski definition) is 7. The third-order valence-corrected chi connectivity index (χ3v) is 7.60. The van der Waals surface area contributed by atoms with E-state index in [0.29, 0.717) is 23.2 Å². The molecule has 4 aromatic rings. The largest absolute Gasteiger partial charge is 0.480 e. The van der Waals surface area contributed by atoms with Crippen molar-refractivity contribution in [3.63, 3.8) is 0 Å². The van der Waals surface area contributed by atoms with Gasteiger partial charge in [-0.05, 0) is 62.8 Å². The van der Waals surface area contributed by atoms with Gasteiger partial charge in [-0.1, -0.05) is 12.1 Å². The van der Waals surface area contributed by atoms with Gasteiger partial charge in [0, 0.05) is 11.6 Å². The lowest BCUT2D eigenvalue weighted by atomic mass is 9.95. The van der Waals surface area contributed by atoms with Crippen LogP contribution in [0.5, 0.6) is 5.88 Å². The van der Waals surface area contributed by atoms with Crippen molar-refractivity contribution in [2.24, 2.45) is 5.92 Å². The van der Waals surface area contributed by atoms with Crippen molar-refractivity contribution in [3.05, 3.63) is 54.0 Å². The lowest BCUT2D eigenvalue weighted by Crippen LogP contribution is -2.27. The van der Waals surface area contributed by atoms with Gasteiger partial charge in [-0.3, -0.25) is 0 Å².